The van der Waals surface area contributed by atoms with Crippen LogP contribution in [0.2, 0.25) is 5.21 Å². The van der Waals surface area contributed by atoms with Crippen LogP contribution < -0.4 is 0 Å². The molecule has 0 saturated carbocycles. The van der Waals surface area contributed by atoms with Crippen molar-refractivity contribution in [2.45, 2.75) is 12.1 Å². The summed E-state index contributed by atoms with van der Waals surface area (Å²) in [4.78, 5) is 0. The van der Waals surface area contributed by atoms with Gasteiger partial charge in [0.1, 0.15) is 0 Å². The average Bonchev–Trinajstić information content (AvgIpc) is 1.38. The van der Waals surface area contributed by atoms with Gasteiger partial charge in [-0.1, -0.05) is 0 Å². The van der Waals surface area contributed by atoms with Crippen molar-refractivity contribution in [1.82, 2.24) is 0 Å². The van der Waals surface area contributed by atoms with E-state index in [1.54, 1.807) is 0 Å². The molecular formula is C2H5AsI2. The van der Waals surface area contributed by atoms with Crippen LogP contribution in [0.1, 0.15) is 6.92 Å². The van der Waals surface area contributed by atoms with Crippen LogP contribution in [0, 0.1) is 0 Å². The zero-order valence-corrected chi connectivity index (χ0v) is 9.10. The Morgan fingerprint density at radius 3 is 1.80 bits per heavy atom. The van der Waals surface area contributed by atoms with Crippen LogP contribution in [0.5, 0.6) is 0 Å². The predicted octanol–water partition coefficient (Wildman–Crippen LogP) is 2.36. The standard InChI is InChI=1S/C2H5AsI2/c1-2-3(4)5/h2H2,1H3. The Hall–Kier alpha value is 2.02. The minimum absolute atomic E-state index is 0.261. The fourth-order valence-corrected chi connectivity index (χ4v) is 0. The van der Waals surface area contributed by atoms with E-state index in [1.165, 1.54) is 5.21 Å². The zero-order valence-electron chi connectivity index (χ0n) is 2.91. The second-order valence-electron chi connectivity index (χ2n) is 0.619. The molecule has 0 N–H and O–H groups in total. The van der Waals surface area contributed by atoms with Crippen molar-refractivity contribution >= 4 is 48.2 Å². The molecule has 0 bridgehead atoms. The third-order valence-electron chi connectivity index (χ3n) is 0.239. The second-order valence-corrected chi connectivity index (χ2v) is 24.9. The van der Waals surface area contributed by atoms with Crippen LogP contribution in [0.25, 0.3) is 0 Å². The van der Waals surface area contributed by atoms with Crippen LogP contribution in [-0.4, -0.2) is 7.95 Å². The van der Waals surface area contributed by atoms with E-state index in [4.69, 9.17) is 0 Å². The Balaban J connectivity index is 2.54. The van der Waals surface area contributed by atoms with Crippen molar-refractivity contribution in [1.29, 1.82) is 0 Å². The van der Waals surface area contributed by atoms with E-state index in [0.29, 0.717) is 0 Å². The molecule has 0 aromatic rings. The van der Waals surface area contributed by atoms with E-state index in [2.05, 4.69) is 47.2 Å². The van der Waals surface area contributed by atoms with Crippen LogP contribution >= 0.6 is 40.3 Å². The first-order valence-corrected chi connectivity index (χ1v) is 14.1. The SMILES string of the molecule is CC[As](I)I. The van der Waals surface area contributed by atoms with Crippen molar-refractivity contribution in [2.75, 3.05) is 0 Å². The first-order chi connectivity index (χ1) is 2.27. The fourth-order valence-electron chi connectivity index (χ4n) is 0. The molecule has 0 aromatic carbocycles. The van der Waals surface area contributed by atoms with E-state index >= 15 is 0 Å². The van der Waals surface area contributed by atoms with Gasteiger partial charge in [-0.05, 0) is 0 Å². The third kappa shape index (κ3) is 6.02. The van der Waals surface area contributed by atoms with Gasteiger partial charge >= 0.3 is 60.3 Å². The molecule has 0 atom stereocenters. The molecule has 0 radical (unpaired) electrons. The molecule has 0 fully saturated rings. The molecule has 0 nitrogen and oxygen atoms in total. The van der Waals surface area contributed by atoms with Crippen LogP contribution in [0.15, 0.2) is 0 Å². The molecule has 0 saturated heterocycles. The molecule has 0 rings (SSSR count). The van der Waals surface area contributed by atoms with Crippen molar-refractivity contribution in [3.05, 3.63) is 0 Å². The molecule has 0 amide bonds. The molecule has 32 valence electrons. The summed E-state index contributed by atoms with van der Waals surface area (Å²) < 4.78 is 0. The topological polar surface area (TPSA) is 0 Å². The molecule has 0 unspecified atom stereocenters. The Morgan fingerprint density at radius 2 is 1.80 bits per heavy atom. The number of rotatable bonds is 1. The Bertz CT molecular complexity index is 21.6. The molecule has 5 heavy (non-hydrogen) atoms. The van der Waals surface area contributed by atoms with Gasteiger partial charge in [-0.25, -0.2) is 0 Å². The predicted molar refractivity (Wildman–Crippen MR) is 44.3 cm³/mol. The first kappa shape index (κ1) is 7.02. The summed E-state index contributed by atoms with van der Waals surface area (Å²) in [7, 11) is -0.261. The van der Waals surface area contributed by atoms with Crippen LogP contribution in [0.4, 0.5) is 0 Å². The van der Waals surface area contributed by atoms with E-state index in [9.17, 15) is 0 Å². The van der Waals surface area contributed by atoms with Gasteiger partial charge < -0.3 is 0 Å². The summed E-state index contributed by atoms with van der Waals surface area (Å²) in [5.74, 6) is 0. The van der Waals surface area contributed by atoms with Crippen molar-refractivity contribution in [3.8, 4) is 0 Å². The van der Waals surface area contributed by atoms with Gasteiger partial charge in [0.05, 0.1) is 0 Å². The van der Waals surface area contributed by atoms with Crippen molar-refractivity contribution < 1.29 is 0 Å². The Labute approximate surface area is 59.4 Å². The zero-order chi connectivity index (χ0) is 4.28. The molecule has 3 heteroatoms. The van der Waals surface area contributed by atoms with E-state index < -0.39 is 0 Å². The molecule has 0 aliphatic rings. The fraction of sp³-hybridized carbons (Fsp3) is 1.00. The van der Waals surface area contributed by atoms with Gasteiger partial charge in [0.25, 0.3) is 0 Å². The summed E-state index contributed by atoms with van der Waals surface area (Å²) in [5, 5.41) is 1.42. The van der Waals surface area contributed by atoms with Crippen molar-refractivity contribution in [2.24, 2.45) is 0 Å². The maximum atomic E-state index is 2.54. The number of hydrogen-bond acceptors (Lipinski definition) is 0. The minimum atomic E-state index is -0.261. The van der Waals surface area contributed by atoms with Gasteiger partial charge in [-0.15, -0.1) is 0 Å². The average molecular weight is 358 g/mol. The van der Waals surface area contributed by atoms with Gasteiger partial charge in [0, 0.05) is 0 Å². The monoisotopic (exact) mass is 358 g/mol. The van der Waals surface area contributed by atoms with E-state index in [1.807, 2.05) is 0 Å². The van der Waals surface area contributed by atoms with E-state index in [0.717, 1.165) is 0 Å². The second kappa shape index (κ2) is 4.18. The Kier molecular flexibility index (Phi) is 5.87. The number of hydrogen-bond donors (Lipinski definition) is 0. The molecule has 0 aliphatic carbocycles. The van der Waals surface area contributed by atoms with Gasteiger partial charge in [0.15, 0.2) is 0 Å². The molecule has 0 heterocycles. The number of halogens is 2. The summed E-state index contributed by atoms with van der Waals surface area (Å²) in [6, 6.07) is 0. The Morgan fingerprint density at radius 1 is 1.60 bits per heavy atom. The van der Waals surface area contributed by atoms with Crippen molar-refractivity contribution in [3.63, 3.8) is 0 Å². The van der Waals surface area contributed by atoms with Gasteiger partial charge in [-0.3, -0.25) is 0 Å². The molecule has 0 spiro atoms. The van der Waals surface area contributed by atoms with Gasteiger partial charge in [0.2, 0.25) is 0 Å². The maximum absolute atomic E-state index is 2.54. The normalized spacial score (nSPS) is 9.60. The summed E-state index contributed by atoms with van der Waals surface area (Å²) >= 11 is 5.08. The molecular weight excluding hydrogens is 353 g/mol. The first-order valence-electron chi connectivity index (χ1n) is 1.36. The molecule has 0 aromatic heterocycles. The summed E-state index contributed by atoms with van der Waals surface area (Å²) in [6.07, 6.45) is 0. The van der Waals surface area contributed by atoms with Gasteiger partial charge in [-0.2, -0.15) is 0 Å². The third-order valence-corrected chi connectivity index (χ3v) is 8.33. The van der Waals surface area contributed by atoms with E-state index in [-0.39, 0.29) is 7.95 Å². The molecule has 0 aliphatic heterocycles. The van der Waals surface area contributed by atoms with Crippen LogP contribution in [0.3, 0.4) is 0 Å². The summed E-state index contributed by atoms with van der Waals surface area (Å²) in [5.41, 5.74) is 0. The van der Waals surface area contributed by atoms with Crippen LogP contribution in [-0.2, 0) is 0 Å². The quantitative estimate of drug-likeness (QED) is 0.499. The summed E-state index contributed by atoms with van der Waals surface area (Å²) in [6.45, 7) is 2.25.